The third kappa shape index (κ3) is 6.81. The molecular weight excluding hydrogens is 490 g/mol. The van der Waals surface area contributed by atoms with Crippen LogP contribution in [0.1, 0.15) is 12.5 Å². The molecule has 7 nitrogen and oxygen atoms in total. The zero-order valence-electron chi connectivity index (χ0n) is 19.4. The van der Waals surface area contributed by atoms with Crippen LogP contribution < -0.4 is 15.5 Å². The quantitative estimate of drug-likeness (QED) is 0.460. The van der Waals surface area contributed by atoms with Crippen molar-refractivity contribution in [2.45, 2.75) is 13.5 Å². The lowest BCUT2D eigenvalue weighted by Gasteiger charge is -2.36. The smallest absolute Gasteiger partial charge is 0.216 e. The largest absolute Gasteiger partial charge is 0.369 e. The van der Waals surface area contributed by atoms with E-state index in [2.05, 4.69) is 42.5 Å². The van der Waals surface area contributed by atoms with Crippen LogP contribution in [0.2, 0.25) is 10.0 Å². The standard InChI is InChI=1S/C25H27Cl2FN6O/c1-17(35)29-8-9-33-10-12-34(13-11-33)21-6-3-18(4-7-21)24-31-16-22(27)25(32-24)30-15-19-2-5-20(26)14-23(19)28/h2-7,14,16H,8-13,15H2,1H3,(H,29,35)(H,30,31,32). The number of halogens is 3. The lowest BCUT2D eigenvalue weighted by molar-refractivity contribution is -0.119. The summed E-state index contributed by atoms with van der Waals surface area (Å²) in [5.41, 5.74) is 2.46. The van der Waals surface area contributed by atoms with Gasteiger partial charge >= 0.3 is 0 Å². The third-order valence-electron chi connectivity index (χ3n) is 5.87. The van der Waals surface area contributed by atoms with Crippen molar-refractivity contribution in [1.82, 2.24) is 20.2 Å². The Bertz CT molecular complexity index is 1170. The topological polar surface area (TPSA) is 73.4 Å². The van der Waals surface area contributed by atoms with Crippen molar-refractivity contribution in [3.8, 4) is 11.4 Å². The summed E-state index contributed by atoms with van der Waals surface area (Å²) >= 11 is 12.1. The summed E-state index contributed by atoms with van der Waals surface area (Å²) in [6.45, 7) is 7.04. The number of piperazine rings is 1. The zero-order chi connectivity index (χ0) is 24.8. The molecule has 35 heavy (non-hydrogen) atoms. The third-order valence-corrected chi connectivity index (χ3v) is 6.38. The van der Waals surface area contributed by atoms with E-state index in [4.69, 9.17) is 23.2 Å². The first-order valence-electron chi connectivity index (χ1n) is 11.4. The van der Waals surface area contributed by atoms with Crippen molar-refractivity contribution in [1.29, 1.82) is 0 Å². The molecule has 0 unspecified atom stereocenters. The summed E-state index contributed by atoms with van der Waals surface area (Å²) in [6, 6.07) is 12.7. The van der Waals surface area contributed by atoms with E-state index in [-0.39, 0.29) is 18.3 Å². The molecule has 1 amide bonds. The van der Waals surface area contributed by atoms with Gasteiger partial charge in [-0.3, -0.25) is 9.69 Å². The van der Waals surface area contributed by atoms with Crippen molar-refractivity contribution in [3.63, 3.8) is 0 Å². The van der Waals surface area contributed by atoms with Gasteiger partial charge in [0.05, 0.1) is 6.20 Å². The van der Waals surface area contributed by atoms with E-state index in [1.165, 1.54) is 13.0 Å². The second kappa shape index (κ2) is 11.7. The fourth-order valence-corrected chi connectivity index (χ4v) is 4.23. The van der Waals surface area contributed by atoms with Gasteiger partial charge in [0.1, 0.15) is 16.7 Å². The predicted octanol–water partition coefficient (Wildman–Crippen LogP) is 4.46. The molecule has 2 N–H and O–H groups in total. The molecule has 3 aromatic rings. The van der Waals surface area contributed by atoms with E-state index in [0.717, 1.165) is 44.0 Å². The minimum Gasteiger partial charge on any atom is -0.369 e. The number of anilines is 2. The van der Waals surface area contributed by atoms with Gasteiger partial charge in [-0.2, -0.15) is 0 Å². The lowest BCUT2D eigenvalue weighted by Crippen LogP contribution is -2.48. The molecule has 0 atom stereocenters. The molecule has 0 spiro atoms. The van der Waals surface area contributed by atoms with Crippen molar-refractivity contribution >= 4 is 40.6 Å². The highest BCUT2D eigenvalue weighted by Crippen LogP contribution is 2.26. The normalized spacial score (nSPS) is 14.1. The Morgan fingerprint density at radius 1 is 1.09 bits per heavy atom. The Hall–Kier alpha value is -2.94. The Balaban J connectivity index is 1.36. The van der Waals surface area contributed by atoms with Crippen LogP contribution in [-0.4, -0.2) is 60.0 Å². The fourth-order valence-electron chi connectivity index (χ4n) is 3.92. The molecule has 0 bridgehead atoms. The van der Waals surface area contributed by atoms with Gasteiger partial charge in [0, 0.05) is 74.6 Å². The molecule has 0 saturated carbocycles. The van der Waals surface area contributed by atoms with Crippen molar-refractivity contribution < 1.29 is 9.18 Å². The molecule has 0 aliphatic carbocycles. The lowest BCUT2D eigenvalue weighted by atomic mass is 10.1. The van der Waals surface area contributed by atoms with E-state index in [9.17, 15) is 9.18 Å². The molecule has 1 fully saturated rings. The van der Waals surface area contributed by atoms with E-state index >= 15 is 0 Å². The monoisotopic (exact) mass is 516 g/mol. The van der Waals surface area contributed by atoms with Gasteiger partial charge in [0.15, 0.2) is 5.82 Å². The number of benzene rings is 2. The van der Waals surface area contributed by atoms with Crippen molar-refractivity contribution in [2.24, 2.45) is 0 Å². The molecule has 184 valence electrons. The average molecular weight is 517 g/mol. The maximum Gasteiger partial charge on any atom is 0.216 e. The van der Waals surface area contributed by atoms with Gasteiger partial charge in [0.2, 0.25) is 5.91 Å². The Morgan fingerprint density at radius 3 is 2.51 bits per heavy atom. The van der Waals surface area contributed by atoms with Crippen LogP contribution in [0.15, 0.2) is 48.7 Å². The van der Waals surface area contributed by atoms with E-state index in [1.807, 2.05) is 12.1 Å². The second-order valence-corrected chi connectivity index (χ2v) is 9.18. The summed E-state index contributed by atoms with van der Waals surface area (Å²) in [6.07, 6.45) is 1.54. The Morgan fingerprint density at radius 2 is 1.83 bits per heavy atom. The fraction of sp³-hybridized carbons (Fsp3) is 0.320. The van der Waals surface area contributed by atoms with Gasteiger partial charge in [-0.05, 0) is 36.4 Å². The molecule has 1 aliphatic heterocycles. The van der Waals surface area contributed by atoms with E-state index in [1.54, 1.807) is 18.3 Å². The summed E-state index contributed by atoms with van der Waals surface area (Å²) in [4.78, 5) is 24.6. The number of rotatable bonds is 8. The van der Waals surface area contributed by atoms with Gasteiger partial charge in [0.25, 0.3) is 0 Å². The number of hydrogen-bond donors (Lipinski definition) is 2. The average Bonchev–Trinajstić information content (AvgIpc) is 2.85. The minimum absolute atomic E-state index is 0.00625. The van der Waals surface area contributed by atoms with Gasteiger partial charge < -0.3 is 15.5 Å². The number of amides is 1. The van der Waals surface area contributed by atoms with Crippen LogP contribution >= 0.6 is 23.2 Å². The predicted molar refractivity (Wildman–Crippen MR) is 139 cm³/mol. The Kier molecular flexibility index (Phi) is 8.38. The number of nitrogens with one attached hydrogen (secondary N) is 2. The molecule has 1 aromatic heterocycles. The number of hydrogen-bond acceptors (Lipinski definition) is 6. The molecular formula is C25H27Cl2FN6O. The molecule has 1 aliphatic rings. The number of nitrogens with zero attached hydrogens (tertiary/aromatic N) is 4. The SMILES string of the molecule is CC(=O)NCCN1CCN(c2ccc(-c3ncc(Cl)c(NCc4ccc(Cl)cc4F)n3)cc2)CC1. The van der Waals surface area contributed by atoms with Crippen LogP contribution in [-0.2, 0) is 11.3 Å². The molecule has 1 saturated heterocycles. The molecule has 2 heterocycles. The first kappa shape index (κ1) is 25.2. The highest BCUT2D eigenvalue weighted by molar-refractivity contribution is 6.32. The van der Waals surface area contributed by atoms with Crippen LogP contribution in [0.4, 0.5) is 15.9 Å². The molecule has 2 aromatic carbocycles. The van der Waals surface area contributed by atoms with Crippen molar-refractivity contribution in [2.75, 3.05) is 49.5 Å². The Labute approximate surface area is 214 Å². The number of aromatic nitrogens is 2. The first-order valence-corrected chi connectivity index (χ1v) is 12.2. The van der Waals surface area contributed by atoms with E-state index < -0.39 is 0 Å². The summed E-state index contributed by atoms with van der Waals surface area (Å²) in [7, 11) is 0. The van der Waals surface area contributed by atoms with Gasteiger partial charge in [-0.25, -0.2) is 14.4 Å². The number of carbonyl (C=O) groups is 1. The first-order chi connectivity index (χ1) is 16.9. The van der Waals surface area contributed by atoms with E-state index in [0.29, 0.717) is 33.8 Å². The van der Waals surface area contributed by atoms with Crippen LogP contribution in [0.25, 0.3) is 11.4 Å². The maximum absolute atomic E-state index is 14.1. The molecule has 0 radical (unpaired) electrons. The van der Waals surface area contributed by atoms with Crippen LogP contribution in [0.5, 0.6) is 0 Å². The summed E-state index contributed by atoms with van der Waals surface area (Å²) in [5, 5.41) is 6.64. The zero-order valence-corrected chi connectivity index (χ0v) is 20.9. The molecule has 4 rings (SSSR count). The summed E-state index contributed by atoms with van der Waals surface area (Å²) < 4.78 is 14.1. The van der Waals surface area contributed by atoms with Crippen LogP contribution in [0, 0.1) is 5.82 Å². The second-order valence-electron chi connectivity index (χ2n) is 8.34. The summed E-state index contributed by atoms with van der Waals surface area (Å²) in [5.74, 6) is 0.583. The highest BCUT2D eigenvalue weighted by atomic mass is 35.5. The number of carbonyl (C=O) groups excluding carboxylic acids is 1. The highest BCUT2D eigenvalue weighted by Gasteiger charge is 2.17. The van der Waals surface area contributed by atoms with Crippen LogP contribution in [0.3, 0.4) is 0 Å². The maximum atomic E-state index is 14.1. The van der Waals surface area contributed by atoms with Crippen molar-refractivity contribution in [3.05, 3.63) is 70.1 Å². The minimum atomic E-state index is -0.389. The van der Waals surface area contributed by atoms with Gasteiger partial charge in [-0.15, -0.1) is 0 Å². The molecule has 10 heteroatoms. The van der Waals surface area contributed by atoms with Gasteiger partial charge in [-0.1, -0.05) is 29.3 Å².